The third kappa shape index (κ3) is 5.79. The van der Waals surface area contributed by atoms with Gasteiger partial charge >= 0.3 is 17.9 Å². The summed E-state index contributed by atoms with van der Waals surface area (Å²) in [4.78, 5) is 33.1. The number of benzene rings is 1. The minimum absolute atomic E-state index is 0.00536. The van der Waals surface area contributed by atoms with E-state index in [1.165, 1.54) is 18.2 Å². The first-order valence-electron chi connectivity index (χ1n) is 6.67. The van der Waals surface area contributed by atoms with Crippen LogP contribution >= 0.6 is 0 Å². The van der Waals surface area contributed by atoms with Gasteiger partial charge in [0.25, 0.3) is 0 Å². The fourth-order valence-corrected chi connectivity index (χ4v) is 1.67. The van der Waals surface area contributed by atoms with Crippen LogP contribution in [0.15, 0.2) is 30.4 Å². The maximum Gasteiger partial charge on any atom is 0.336 e. The number of carbonyl (C=O) groups excluding carboxylic acids is 1. The molecule has 1 unspecified atom stereocenters. The fraction of sp³-hybridized carbons (Fsp3) is 0.267. The van der Waals surface area contributed by atoms with Crippen LogP contribution in [0.2, 0.25) is 0 Å². The number of aliphatic hydroxyl groups is 1. The molecule has 0 bridgehead atoms. The van der Waals surface area contributed by atoms with Gasteiger partial charge in [-0.2, -0.15) is 0 Å². The molecule has 0 fully saturated rings. The number of anilines is 1. The molecule has 1 aromatic carbocycles. The molecule has 0 spiro atoms. The van der Waals surface area contributed by atoms with Gasteiger partial charge in [-0.05, 0) is 25.1 Å². The molecule has 0 heterocycles. The Hall–Kier alpha value is -2.87. The quantitative estimate of drug-likeness (QED) is 0.411. The first kappa shape index (κ1) is 18.2. The standard InChI is InChI=1S/C15H17NO7/c1-2-3-13(18)23-8-10(17)7-16-9-4-5-11(14(19)20)12(6-9)15(21)22/h2-6,10,16-17H,7-8H2,1H3,(H,19,20)(H,21,22). The second kappa shape index (κ2) is 8.54. The zero-order valence-corrected chi connectivity index (χ0v) is 12.4. The molecule has 1 aromatic rings. The van der Waals surface area contributed by atoms with Gasteiger partial charge in [0.2, 0.25) is 0 Å². The summed E-state index contributed by atoms with van der Waals surface area (Å²) in [5.74, 6) is -3.29. The van der Waals surface area contributed by atoms with E-state index in [4.69, 9.17) is 14.9 Å². The van der Waals surface area contributed by atoms with Gasteiger partial charge in [-0.3, -0.25) is 0 Å². The van der Waals surface area contributed by atoms with Crippen molar-refractivity contribution in [2.75, 3.05) is 18.5 Å². The zero-order chi connectivity index (χ0) is 17.4. The summed E-state index contributed by atoms with van der Waals surface area (Å²) in [7, 11) is 0. The predicted molar refractivity (Wildman–Crippen MR) is 80.6 cm³/mol. The van der Waals surface area contributed by atoms with E-state index >= 15 is 0 Å². The van der Waals surface area contributed by atoms with Gasteiger partial charge in [-0.25, -0.2) is 14.4 Å². The second-order valence-electron chi connectivity index (χ2n) is 4.54. The van der Waals surface area contributed by atoms with Crippen LogP contribution in [0, 0.1) is 0 Å². The lowest BCUT2D eigenvalue weighted by molar-refractivity contribution is -0.140. The van der Waals surface area contributed by atoms with Crippen LogP contribution in [-0.4, -0.2) is 52.5 Å². The van der Waals surface area contributed by atoms with E-state index in [2.05, 4.69) is 5.32 Å². The lowest BCUT2D eigenvalue weighted by Gasteiger charge is -2.13. The molecule has 1 atom stereocenters. The van der Waals surface area contributed by atoms with Crippen LogP contribution in [0.4, 0.5) is 5.69 Å². The number of hydrogen-bond acceptors (Lipinski definition) is 6. The molecule has 0 radical (unpaired) electrons. The minimum Gasteiger partial charge on any atom is -0.478 e. The number of carboxylic acids is 2. The molecule has 1 rings (SSSR count). The summed E-state index contributed by atoms with van der Waals surface area (Å²) in [5, 5.41) is 30.3. The summed E-state index contributed by atoms with van der Waals surface area (Å²) >= 11 is 0. The van der Waals surface area contributed by atoms with Crippen molar-refractivity contribution in [2.24, 2.45) is 0 Å². The molecule has 0 aromatic heterocycles. The topological polar surface area (TPSA) is 133 Å². The number of allylic oxidation sites excluding steroid dienone is 1. The summed E-state index contributed by atoms with van der Waals surface area (Å²) in [6.07, 6.45) is 1.71. The molecule has 0 saturated carbocycles. The molecule has 8 heteroatoms. The van der Waals surface area contributed by atoms with E-state index in [0.29, 0.717) is 5.69 Å². The van der Waals surface area contributed by atoms with Crippen molar-refractivity contribution in [2.45, 2.75) is 13.0 Å². The number of hydrogen-bond donors (Lipinski definition) is 4. The highest BCUT2D eigenvalue weighted by atomic mass is 16.5. The first-order chi connectivity index (χ1) is 10.8. The lowest BCUT2D eigenvalue weighted by atomic mass is 10.1. The molecule has 124 valence electrons. The van der Waals surface area contributed by atoms with E-state index in [1.54, 1.807) is 6.92 Å². The van der Waals surface area contributed by atoms with Gasteiger partial charge in [0.1, 0.15) is 12.7 Å². The van der Waals surface area contributed by atoms with Crippen molar-refractivity contribution in [1.29, 1.82) is 0 Å². The van der Waals surface area contributed by atoms with Crippen LogP contribution < -0.4 is 5.32 Å². The Morgan fingerprint density at radius 1 is 1.22 bits per heavy atom. The van der Waals surface area contributed by atoms with Crippen molar-refractivity contribution in [3.8, 4) is 0 Å². The van der Waals surface area contributed by atoms with Crippen LogP contribution in [0.5, 0.6) is 0 Å². The van der Waals surface area contributed by atoms with Crippen LogP contribution in [0.1, 0.15) is 27.6 Å². The Kier molecular flexibility index (Phi) is 6.75. The summed E-state index contributed by atoms with van der Waals surface area (Å²) in [5.41, 5.74) is -0.369. The van der Waals surface area contributed by atoms with Gasteiger partial charge in [-0.1, -0.05) is 6.08 Å². The number of carbonyl (C=O) groups is 3. The Labute approximate surface area is 132 Å². The van der Waals surface area contributed by atoms with Gasteiger partial charge < -0.3 is 25.4 Å². The van der Waals surface area contributed by atoms with Crippen molar-refractivity contribution in [3.63, 3.8) is 0 Å². The van der Waals surface area contributed by atoms with Crippen LogP contribution in [0.25, 0.3) is 0 Å². The van der Waals surface area contributed by atoms with E-state index in [0.717, 1.165) is 12.1 Å². The highest BCUT2D eigenvalue weighted by Crippen LogP contribution is 2.16. The summed E-state index contributed by atoms with van der Waals surface area (Å²) in [6.45, 7) is 1.42. The Morgan fingerprint density at radius 2 is 1.87 bits per heavy atom. The van der Waals surface area contributed by atoms with Crippen LogP contribution in [0.3, 0.4) is 0 Å². The number of rotatable bonds is 8. The molecule has 0 saturated heterocycles. The van der Waals surface area contributed by atoms with Crippen molar-refractivity contribution in [1.82, 2.24) is 0 Å². The summed E-state index contributed by atoms with van der Waals surface area (Å²) in [6, 6.07) is 3.70. The SMILES string of the molecule is CC=CC(=O)OCC(O)CNc1ccc(C(=O)O)c(C(=O)O)c1. The molecule has 23 heavy (non-hydrogen) atoms. The third-order valence-electron chi connectivity index (χ3n) is 2.74. The Balaban J connectivity index is 2.64. The van der Waals surface area contributed by atoms with Crippen molar-refractivity contribution >= 4 is 23.6 Å². The molecule has 0 aliphatic rings. The zero-order valence-electron chi connectivity index (χ0n) is 12.4. The normalized spacial score (nSPS) is 11.9. The van der Waals surface area contributed by atoms with Crippen LogP contribution in [-0.2, 0) is 9.53 Å². The maximum atomic E-state index is 11.1. The number of esters is 1. The maximum absolute atomic E-state index is 11.1. The largest absolute Gasteiger partial charge is 0.478 e. The van der Waals surface area contributed by atoms with Gasteiger partial charge in [0.05, 0.1) is 11.1 Å². The number of ether oxygens (including phenoxy) is 1. The smallest absolute Gasteiger partial charge is 0.336 e. The number of aromatic carboxylic acids is 2. The summed E-state index contributed by atoms with van der Waals surface area (Å²) < 4.78 is 4.76. The monoisotopic (exact) mass is 323 g/mol. The molecular formula is C15H17NO7. The van der Waals surface area contributed by atoms with Crippen molar-refractivity contribution < 1.29 is 34.4 Å². The Morgan fingerprint density at radius 3 is 2.43 bits per heavy atom. The van der Waals surface area contributed by atoms with Gasteiger partial charge in [0.15, 0.2) is 0 Å². The average molecular weight is 323 g/mol. The van der Waals surface area contributed by atoms with Gasteiger partial charge in [-0.15, -0.1) is 0 Å². The number of aliphatic hydroxyl groups excluding tert-OH is 1. The predicted octanol–water partition coefficient (Wildman–Crippen LogP) is 0.975. The first-order valence-corrected chi connectivity index (χ1v) is 6.67. The van der Waals surface area contributed by atoms with E-state index in [1.807, 2.05) is 0 Å². The average Bonchev–Trinajstić information content (AvgIpc) is 2.50. The molecular weight excluding hydrogens is 306 g/mol. The molecule has 0 aliphatic heterocycles. The van der Waals surface area contributed by atoms with Gasteiger partial charge in [0, 0.05) is 18.3 Å². The minimum atomic E-state index is -1.37. The van der Waals surface area contributed by atoms with E-state index < -0.39 is 24.0 Å². The lowest BCUT2D eigenvalue weighted by Crippen LogP contribution is -2.26. The molecule has 0 amide bonds. The highest BCUT2D eigenvalue weighted by Gasteiger charge is 2.16. The Bertz CT molecular complexity index is 624. The molecule has 0 aliphatic carbocycles. The molecule has 4 N–H and O–H groups in total. The highest BCUT2D eigenvalue weighted by molar-refractivity contribution is 6.02. The van der Waals surface area contributed by atoms with E-state index in [-0.39, 0.29) is 24.3 Å². The van der Waals surface area contributed by atoms with Crippen molar-refractivity contribution in [3.05, 3.63) is 41.5 Å². The second-order valence-corrected chi connectivity index (χ2v) is 4.54. The van der Waals surface area contributed by atoms with E-state index in [9.17, 15) is 19.5 Å². The third-order valence-corrected chi connectivity index (χ3v) is 2.74. The number of carboxylic acid groups (broad SMARTS) is 2. The number of nitrogens with one attached hydrogen (secondary N) is 1. The molecule has 8 nitrogen and oxygen atoms in total. The fourth-order valence-electron chi connectivity index (χ4n) is 1.67.